The zero-order chi connectivity index (χ0) is 15.9. The number of hydrogen-bond donors (Lipinski definition) is 1. The molecule has 1 saturated carbocycles. The van der Waals surface area contributed by atoms with E-state index in [0.717, 1.165) is 18.6 Å². The Kier molecular flexibility index (Phi) is 5.63. The van der Waals surface area contributed by atoms with Crippen LogP contribution in [0.4, 0.5) is 0 Å². The second-order valence-corrected chi connectivity index (χ2v) is 5.11. The fraction of sp³-hybridized carbons (Fsp3) is 0.500. The highest BCUT2D eigenvalue weighted by atomic mass is 16.6. The molecule has 120 valence electrons. The van der Waals surface area contributed by atoms with Gasteiger partial charge < -0.3 is 19.5 Å². The van der Waals surface area contributed by atoms with Crippen molar-refractivity contribution in [1.82, 2.24) is 5.32 Å². The fourth-order valence-electron chi connectivity index (χ4n) is 1.77. The average molecular weight is 307 g/mol. The van der Waals surface area contributed by atoms with Crippen LogP contribution in [0.1, 0.15) is 26.7 Å². The van der Waals surface area contributed by atoms with Gasteiger partial charge in [-0.2, -0.15) is 0 Å². The summed E-state index contributed by atoms with van der Waals surface area (Å²) in [5, 5.41) is 2.78. The van der Waals surface area contributed by atoms with Crippen LogP contribution in [0.15, 0.2) is 24.3 Å². The first-order valence-electron chi connectivity index (χ1n) is 7.44. The van der Waals surface area contributed by atoms with E-state index in [1.165, 1.54) is 0 Å². The summed E-state index contributed by atoms with van der Waals surface area (Å²) in [6, 6.07) is 7.18. The van der Waals surface area contributed by atoms with Crippen molar-refractivity contribution in [3.63, 3.8) is 0 Å². The van der Waals surface area contributed by atoms with Crippen LogP contribution >= 0.6 is 0 Å². The first-order chi connectivity index (χ1) is 10.6. The number of rotatable bonds is 8. The van der Waals surface area contributed by atoms with Crippen molar-refractivity contribution in [3.8, 4) is 11.5 Å². The van der Waals surface area contributed by atoms with Crippen molar-refractivity contribution in [3.05, 3.63) is 24.3 Å². The Morgan fingerprint density at radius 2 is 1.77 bits per heavy atom. The highest BCUT2D eigenvalue weighted by Gasteiger charge is 2.27. The third-order valence-corrected chi connectivity index (χ3v) is 3.09. The Balaban J connectivity index is 1.70. The van der Waals surface area contributed by atoms with Crippen molar-refractivity contribution in [2.24, 2.45) is 0 Å². The summed E-state index contributed by atoms with van der Waals surface area (Å²) in [7, 11) is 0. The van der Waals surface area contributed by atoms with Crippen molar-refractivity contribution >= 4 is 11.9 Å². The smallest absolute Gasteiger partial charge is 0.344 e. The predicted molar refractivity (Wildman–Crippen MR) is 79.8 cm³/mol. The van der Waals surface area contributed by atoms with E-state index in [2.05, 4.69) is 5.32 Å². The number of esters is 1. The van der Waals surface area contributed by atoms with Crippen LogP contribution in [-0.4, -0.2) is 37.2 Å². The molecule has 1 aliphatic rings. The molecule has 1 fully saturated rings. The molecule has 1 aliphatic carbocycles. The Morgan fingerprint density at radius 1 is 1.18 bits per heavy atom. The molecule has 1 aromatic carbocycles. The molecular formula is C16H21NO5. The van der Waals surface area contributed by atoms with Crippen LogP contribution in [0.25, 0.3) is 0 Å². The van der Waals surface area contributed by atoms with E-state index in [1.807, 2.05) is 6.92 Å². The Morgan fingerprint density at radius 3 is 2.32 bits per heavy atom. The maximum atomic E-state index is 11.7. The Bertz CT molecular complexity index is 510. The third kappa shape index (κ3) is 5.27. The zero-order valence-electron chi connectivity index (χ0n) is 12.8. The van der Waals surface area contributed by atoms with Crippen LogP contribution in [0.5, 0.6) is 11.5 Å². The molecule has 6 heteroatoms. The molecule has 0 heterocycles. The van der Waals surface area contributed by atoms with E-state index >= 15 is 0 Å². The average Bonchev–Trinajstić information content (AvgIpc) is 3.30. The number of benzene rings is 1. The normalized spacial score (nSPS) is 14.8. The lowest BCUT2D eigenvalue weighted by Gasteiger charge is -2.13. The molecule has 6 nitrogen and oxygen atoms in total. The summed E-state index contributed by atoms with van der Waals surface area (Å²) in [5.41, 5.74) is 0. The molecule has 0 saturated heterocycles. The van der Waals surface area contributed by atoms with Crippen LogP contribution in [0, 0.1) is 0 Å². The number of amides is 1. The monoisotopic (exact) mass is 307 g/mol. The molecular weight excluding hydrogens is 286 g/mol. The van der Waals surface area contributed by atoms with Gasteiger partial charge in [-0.3, -0.25) is 4.79 Å². The summed E-state index contributed by atoms with van der Waals surface area (Å²) in [5.74, 6) is 0.433. The Hall–Kier alpha value is -2.24. The lowest BCUT2D eigenvalue weighted by atomic mass is 10.3. The SMILES string of the molecule is CCOc1ccc(OCC(=O)O[C@@H](C)C(=O)NC2CC2)cc1. The highest BCUT2D eigenvalue weighted by Crippen LogP contribution is 2.19. The topological polar surface area (TPSA) is 73.9 Å². The van der Waals surface area contributed by atoms with Gasteiger partial charge in [0.2, 0.25) is 0 Å². The quantitative estimate of drug-likeness (QED) is 0.740. The molecule has 0 aromatic heterocycles. The first kappa shape index (κ1) is 16.1. The number of ether oxygens (including phenoxy) is 3. The van der Waals surface area contributed by atoms with E-state index in [-0.39, 0.29) is 18.6 Å². The lowest BCUT2D eigenvalue weighted by molar-refractivity contribution is -0.156. The molecule has 1 atom stereocenters. The van der Waals surface area contributed by atoms with Gasteiger partial charge >= 0.3 is 5.97 Å². The van der Waals surface area contributed by atoms with Crippen molar-refractivity contribution in [1.29, 1.82) is 0 Å². The third-order valence-electron chi connectivity index (χ3n) is 3.09. The molecule has 0 radical (unpaired) electrons. The summed E-state index contributed by atoms with van der Waals surface area (Å²) in [4.78, 5) is 23.3. The minimum absolute atomic E-state index is 0.241. The number of hydrogen-bond acceptors (Lipinski definition) is 5. The second-order valence-electron chi connectivity index (χ2n) is 5.11. The number of carbonyl (C=O) groups is 2. The van der Waals surface area contributed by atoms with Gasteiger partial charge in [-0.05, 0) is 51.0 Å². The van der Waals surface area contributed by atoms with Gasteiger partial charge in [0.15, 0.2) is 12.7 Å². The summed E-state index contributed by atoms with van der Waals surface area (Å²) in [6.07, 6.45) is 1.18. The van der Waals surface area contributed by atoms with Gasteiger partial charge in [-0.15, -0.1) is 0 Å². The predicted octanol–water partition coefficient (Wildman–Crippen LogP) is 1.67. The van der Waals surface area contributed by atoms with Crippen LogP contribution in [-0.2, 0) is 14.3 Å². The van der Waals surface area contributed by atoms with Gasteiger partial charge in [0.05, 0.1) is 6.61 Å². The standard InChI is InChI=1S/C16H21NO5/c1-3-20-13-6-8-14(9-7-13)21-10-15(18)22-11(2)16(19)17-12-4-5-12/h6-9,11-12H,3-5,10H2,1-2H3,(H,17,19)/t11-/m0/s1. The van der Waals surface area contributed by atoms with Gasteiger partial charge in [0, 0.05) is 6.04 Å². The van der Waals surface area contributed by atoms with E-state index in [4.69, 9.17) is 14.2 Å². The lowest BCUT2D eigenvalue weighted by Crippen LogP contribution is -2.37. The van der Waals surface area contributed by atoms with Crippen LogP contribution in [0.3, 0.4) is 0 Å². The molecule has 1 N–H and O–H groups in total. The van der Waals surface area contributed by atoms with E-state index in [0.29, 0.717) is 12.4 Å². The van der Waals surface area contributed by atoms with Crippen LogP contribution in [0.2, 0.25) is 0 Å². The van der Waals surface area contributed by atoms with Gasteiger partial charge in [-0.1, -0.05) is 0 Å². The summed E-state index contributed by atoms with van der Waals surface area (Å²) >= 11 is 0. The van der Waals surface area contributed by atoms with Gasteiger partial charge in [0.1, 0.15) is 11.5 Å². The minimum atomic E-state index is -0.808. The molecule has 0 spiro atoms. The summed E-state index contributed by atoms with van der Waals surface area (Å²) < 4.78 is 15.6. The Labute approximate surface area is 129 Å². The second kappa shape index (κ2) is 7.68. The first-order valence-corrected chi connectivity index (χ1v) is 7.44. The van der Waals surface area contributed by atoms with E-state index in [1.54, 1.807) is 31.2 Å². The minimum Gasteiger partial charge on any atom is -0.494 e. The van der Waals surface area contributed by atoms with Crippen molar-refractivity contribution in [2.45, 2.75) is 38.8 Å². The molecule has 0 aliphatic heterocycles. The molecule has 2 rings (SSSR count). The number of carbonyl (C=O) groups excluding carboxylic acids is 2. The van der Waals surface area contributed by atoms with Gasteiger partial charge in [0.25, 0.3) is 5.91 Å². The van der Waals surface area contributed by atoms with Crippen LogP contribution < -0.4 is 14.8 Å². The highest BCUT2D eigenvalue weighted by molar-refractivity contribution is 5.84. The largest absolute Gasteiger partial charge is 0.494 e. The molecule has 1 aromatic rings. The van der Waals surface area contributed by atoms with Crippen molar-refractivity contribution < 1.29 is 23.8 Å². The zero-order valence-corrected chi connectivity index (χ0v) is 12.8. The molecule has 22 heavy (non-hydrogen) atoms. The van der Waals surface area contributed by atoms with Crippen molar-refractivity contribution in [2.75, 3.05) is 13.2 Å². The number of nitrogens with one attached hydrogen (secondary N) is 1. The van der Waals surface area contributed by atoms with Gasteiger partial charge in [-0.25, -0.2) is 4.79 Å². The summed E-state index contributed by atoms with van der Waals surface area (Å²) in [6.45, 7) is 3.80. The maximum Gasteiger partial charge on any atom is 0.344 e. The van der Waals surface area contributed by atoms with E-state index < -0.39 is 12.1 Å². The maximum absolute atomic E-state index is 11.7. The molecule has 0 unspecified atom stereocenters. The van der Waals surface area contributed by atoms with E-state index in [9.17, 15) is 9.59 Å². The molecule has 1 amide bonds. The fourth-order valence-corrected chi connectivity index (χ4v) is 1.77. The molecule has 0 bridgehead atoms.